The number of aliphatic hydroxyl groups excluding tert-OH is 1. The van der Waals surface area contributed by atoms with Crippen molar-refractivity contribution < 1.29 is 5.11 Å². The Kier molecular flexibility index (Phi) is 2.73. The van der Waals surface area contributed by atoms with Crippen molar-refractivity contribution in [1.29, 1.82) is 0 Å². The fraction of sp³-hybridized carbons (Fsp3) is 0.600. The molecule has 0 spiro atoms. The lowest BCUT2D eigenvalue weighted by molar-refractivity contribution is 0.244. The molecule has 5 nitrogen and oxygen atoms in total. The Morgan fingerprint density at radius 1 is 1.67 bits per heavy atom. The monoisotopic (exact) mass is 208 g/mol. The predicted octanol–water partition coefficient (Wildman–Crippen LogP) is 0.266. The van der Waals surface area contributed by atoms with E-state index in [1.54, 1.807) is 6.20 Å². The van der Waals surface area contributed by atoms with Crippen LogP contribution in [0.15, 0.2) is 12.3 Å². The Balaban J connectivity index is 2.23. The maximum absolute atomic E-state index is 9.32. The summed E-state index contributed by atoms with van der Waals surface area (Å²) in [4.78, 5) is 10.1. The van der Waals surface area contributed by atoms with Gasteiger partial charge in [0.2, 0.25) is 5.95 Å². The van der Waals surface area contributed by atoms with Crippen LogP contribution in [0, 0.1) is 5.92 Å². The Morgan fingerprint density at radius 3 is 3.13 bits per heavy atom. The predicted molar refractivity (Wildman–Crippen MR) is 58.4 cm³/mol. The molecule has 82 valence electrons. The average molecular weight is 208 g/mol. The van der Waals surface area contributed by atoms with Crippen LogP contribution in [-0.2, 0) is 0 Å². The summed E-state index contributed by atoms with van der Waals surface area (Å²) in [5.74, 6) is 1.58. The molecule has 0 radical (unpaired) electrons. The van der Waals surface area contributed by atoms with Crippen LogP contribution in [0.2, 0.25) is 0 Å². The second-order valence-corrected chi connectivity index (χ2v) is 3.98. The van der Waals surface area contributed by atoms with Crippen molar-refractivity contribution >= 4 is 11.8 Å². The van der Waals surface area contributed by atoms with Crippen molar-refractivity contribution in [1.82, 2.24) is 9.97 Å². The topological polar surface area (TPSA) is 75.3 Å². The third-order valence-electron chi connectivity index (χ3n) is 3.02. The SMILES string of the molecule is CC1CCN(c2ccnc(N)n2)C1CO. The molecule has 0 aliphatic carbocycles. The quantitative estimate of drug-likeness (QED) is 0.729. The lowest BCUT2D eigenvalue weighted by Gasteiger charge is -2.26. The zero-order valence-electron chi connectivity index (χ0n) is 8.80. The number of hydrogen-bond donors (Lipinski definition) is 2. The summed E-state index contributed by atoms with van der Waals surface area (Å²) in [5.41, 5.74) is 5.54. The number of aliphatic hydroxyl groups is 1. The van der Waals surface area contributed by atoms with Crippen LogP contribution in [0.4, 0.5) is 11.8 Å². The molecular formula is C10H16N4O. The Labute approximate surface area is 88.9 Å². The summed E-state index contributed by atoms with van der Waals surface area (Å²) >= 11 is 0. The van der Waals surface area contributed by atoms with E-state index in [0.29, 0.717) is 5.92 Å². The number of nitrogens with two attached hydrogens (primary N) is 1. The molecule has 2 atom stereocenters. The van der Waals surface area contributed by atoms with E-state index in [4.69, 9.17) is 5.73 Å². The number of hydrogen-bond acceptors (Lipinski definition) is 5. The molecule has 3 N–H and O–H groups in total. The highest BCUT2D eigenvalue weighted by Gasteiger charge is 2.31. The third-order valence-corrected chi connectivity index (χ3v) is 3.02. The van der Waals surface area contributed by atoms with Gasteiger partial charge in [-0.25, -0.2) is 4.98 Å². The van der Waals surface area contributed by atoms with Gasteiger partial charge in [-0.1, -0.05) is 6.92 Å². The zero-order valence-corrected chi connectivity index (χ0v) is 8.80. The minimum absolute atomic E-state index is 0.152. The molecule has 1 aromatic heterocycles. The first kappa shape index (κ1) is 10.2. The molecule has 1 saturated heterocycles. The summed E-state index contributed by atoms with van der Waals surface area (Å²) < 4.78 is 0. The van der Waals surface area contributed by atoms with Crippen molar-refractivity contribution in [2.75, 3.05) is 23.8 Å². The van der Waals surface area contributed by atoms with Gasteiger partial charge in [-0.15, -0.1) is 0 Å². The summed E-state index contributed by atoms with van der Waals surface area (Å²) in [7, 11) is 0. The van der Waals surface area contributed by atoms with E-state index in [9.17, 15) is 5.11 Å². The summed E-state index contributed by atoms with van der Waals surface area (Å²) in [6.07, 6.45) is 2.73. The first-order valence-electron chi connectivity index (χ1n) is 5.18. The molecule has 5 heteroatoms. The number of aromatic nitrogens is 2. The first-order chi connectivity index (χ1) is 7.22. The molecule has 1 aliphatic rings. The van der Waals surface area contributed by atoms with Crippen LogP contribution < -0.4 is 10.6 Å². The van der Waals surface area contributed by atoms with Gasteiger partial charge >= 0.3 is 0 Å². The Morgan fingerprint density at radius 2 is 2.47 bits per heavy atom. The molecule has 2 heterocycles. The van der Waals surface area contributed by atoms with Gasteiger partial charge in [-0.05, 0) is 18.4 Å². The molecule has 2 unspecified atom stereocenters. The van der Waals surface area contributed by atoms with Gasteiger partial charge in [-0.2, -0.15) is 4.98 Å². The van der Waals surface area contributed by atoms with E-state index in [-0.39, 0.29) is 18.6 Å². The van der Waals surface area contributed by atoms with Gasteiger partial charge in [0.1, 0.15) is 5.82 Å². The molecular weight excluding hydrogens is 192 g/mol. The van der Waals surface area contributed by atoms with Gasteiger partial charge in [0, 0.05) is 12.7 Å². The number of nitrogen functional groups attached to an aromatic ring is 1. The van der Waals surface area contributed by atoms with Gasteiger partial charge in [0.25, 0.3) is 0 Å². The first-order valence-corrected chi connectivity index (χ1v) is 5.18. The second kappa shape index (κ2) is 4.02. The largest absolute Gasteiger partial charge is 0.394 e. The van der Waals surface area contributed by atoms with Crippen molar-refractivity contribution in [3.8, 4) is 0 Å². The molecule has 0 aromatic carbocycles. The fourth-order valence-corrected chi connectivity index (χ4v) is 2.09. The minimum Gasteiger partial charge on any atom is -0.394 e. The van der Waals surface area contributed by atoms with Crippen molar-refractivity contribution in [3.05, 3.63) is 12.3 Å². The van der Waals surface area contributed by atoms with Crippen LogP contribution in [0.3, 0.4) is 0 Å². The molecule has 1 aliphatic heterocycles. The Hall–Kier alpha value is -1.36. The van der Waals surface area contributed by atoms with Crippen LogP contribution in [-0.4, -0.2) is 34.3 Å². The fourth-order valence-electron chi connectivity index (χ4n) is 2.09. The zero-order chi connectivity index (χ0) is 10.8. The molecule has 2 rings (SSSR count). The van der Waals surface area contributed by atoms with E-state index in [1.807, 2.05) is 6.07 Å². The molecule has 1 fully saturated rings. The van der Waals surface area contributed by atoms with E-state index >= 15 is 0 Å². The highest BCUT2D eigenvalue weighted by Crippen LogP contribution is 2.27. The van der Waals surface area contributed by atoms with E-state index < -0.39 is 0 Å². The molecule has 1 aromatic rings. The standard InChI is InChI=1S/C10H16N4O/c1-7-3-5-14(8(7)6-15)9-2-4-12-10(11)13-9/h2,4,7-8,15H,3,5-6H2,1H3,(H2,11,12,13). The summed E-state index contributed by atoms with van der Waals surface area (Å²) in [6, 6.07) is 1.98. The molecule has 0 saturated carbocycles. The third kappa shape index (κ3) is 1.87. The Bertz CT molecular complexity index is 344. The second-order valence-electron chi connectivity index (χ2n) is 3.98. The number of rotatable bonds is 2. The van der Waals surface area contributed by atoms with Gasteiger partial charge in [0.05, 0.1) is 12.6 Å². The highest BCUT2D eigenvalue weighted by molar-refractivity contribution is 5.43. The molecule has 0 bridgehead atoms. The lowest BCUT2D eigenvalue weighted by atomic mass is 10.0. The molecule has 0 amide bonds. The normalized spacial score (nSPS) is 25.9. The van der Waals surface area contributed by atoms with E-state index in [1.165, 1.54) is 0 Å². The van der Waals surface area contributed by atoms with Crippen molar-refractivity contribution in [2.24, 2.45) is 5.92 Å². The average Bonchev–Trinajstić information content (AvgIpc) is 2.59. The number of anilines is 2. The summed E-state index contributed by atoms with van der Waals surface area (Å²) in [6.45, 7) is 3.22. The van der Waals surface area contributed by atoms with Crippen LogP contribution >= 0.6 is 0 Å². The number of nitrogens with zero attached hydrogens (tertiary/aromatic N) is 3. The van der Waals surface area contributed by atoms with Crippen LogP contribution in [0.1, 0.15) is 13.3 Å². The van der Waals surface area contributed by atoms with E-state index in [0.717, 1.165) is 18.8 Å². The highest BCUT2D eigenvalue weighted by atomic mass is 16.3. The minimum atomic E-state index is 0.152. The van der Waals surface area contributed by atoms with Crippen molar-refractivity contribution in [3.63, 3.8) is 0 Å². The summed E-state index contributed by atoms with van der Waals surface area (Å²) in [5, 5.41) is 9.32. The van der Waals surface area contributed by atoms with Gasteiger partial charge in [-0.3, -0.25) is 0 Å². The smallest absolute Gasteiger partial charge is 0.221 e. The maximum atomic E-state index is 9.32. The van der Waals surface area contributed by atoms with Crippen LogP contribution in [0.25, 0.3) is 0 Å². The van der Waals surface area contributed by atoms with Gasteiger partial charge in [0.15, 0.2) is 0 Å². The van der Waals surface area contributed by atoms with Crippen molar-refractivity contribution in [2.45, 2.75) is 19.4 Å². The van der Waals surface area contributed by atoms with Gasteiger partial charge < -0.3 is 15.7 Å². The molecule has 15 heavy (non-hydrogen) atoms. The van der Waals surface area contributed by atoms with E-state index in [2.05, 4.69) is 21.8 Å². The lowest BCUT2D eigenvalue weighted by Crippen LogP contribution is -2.35. The maximum Gasteiger partial charge on any atom is 0.221 e. The van der Waals surface area contributed by atoms with Crippen LogP contribution in [0.5, 0.6) is 0 Å².